The first-order valence-corrected chi connectivity index (χ1v) is 6.51. The van der Waals surface area contributed by atoms with Crippen molar-refractivity contribution in [2.45, 2.75) is 5.03 Å². The summed E-state index contributed by atoms with van der Waals surface area (Å²) in [5.41, 5.74) is 0. The minimum atomic E-state index is 0.772. The molecule has 0 N–H and O–H groups in total. The highest BCUT2D eigenvalue weighted by atomic mass is 33.1. The van der Waals surface area contributed by atoms with E-state index in [0.717, 1.165) is 23.7 Å². The standard InChI is InChI=1S/C9H12N2OS2/c1-11(8-12)6-7-13-14-9-4-2-3-5-10-9/h2-5,8H,6-7H2,1H3. The normalized spacial score (nSPS) is 9.79. The Morgan fingerprint density at radius 3 is 3.07 bits per heavy atom. The van der Waals surface area contributed by atoms with Crippen molar-refractivity contribution in [1.82, 2.24) is 9.88 Å². The number of aromatic nitrogens is 1. The molecule has 1 heterocycles. The van der Waals surface area contributed by atoms with E-state index >= 15 is 0 Å². The van der Waals surface area contributed by atoms with Gasteiger partial charge < -0.3 is 4.90 Å². The molecule has 0 atom stereocenters. The van der Waals surface area contributed by atoms with Gasteiger partial charge in [-0.2, -0.15) is 0 Å². The van der Waals surface area contributed by atoms with Crippen LogP contribution in [0.2, 0.25) is 0 Å². The highest BCUT2D eigenvalue weighted by molar-refractivity contribution is 8.76. The fraction of sp³-hybridized carbons (Fsp3) is 0.333. The lowest BCUT2D eigenvalue weighted by molar-refractivity contribution is -0.116. The molecule has 0 saturated heterocycles. The number of rotatable bonds is 6. The fourth-order valence-electron chi connectivity index (χ4n) is 0.732. The third-order valence-electron chi connectivity index (χ3n) is 1.49. The van der Waals surface area contributed by atoms with E-state index in [-0.39, 0.29) is 0 Å². The van der Waals surface area contributed by atoms with Crippen LogP contribution in [0.25, 0.3) is 0 Å². The van der Waals surface area contributed by atoms with Crippen LogP contribution in [0, 0.1) is 0 Å². The van der Waals surface area contributed by atoms with Crippen molar-refractivity contribution in [3.8, 4) is 0 Å². The summed E-state index contributed by atoms with van der Waals surface area (Å²) in [7, 11) is 5.12. The van der Waals surface area contributed by atoms with Gasteiger partial charge in [0.15, 0.2) is 0 Å². The molecule has 0 radical (unpaired) electrons. The van der Waals surface area contributed by atoms with Crippen LogP contribution in [0.1, 0.15) is 0 Å². The molecule has 0 spiro atoms. The topological polar surface area (TPSA) is 33.2 Å². The molecule has 0 aliphatic rings. The van der Waals surface area contributed by atoms with Crippen LogP contribution >= 0.6 is 21.6 Å². The maximum atomic E-state index is 10.3. The molecule has 0 aliphatic heterocycles. The predicted molar refractivity (Wildman–Crippen MR) is 61.2 cm³/mol. The zero-order valence-electron chi connectivity index (χ0n) is 7.92. The molecule has 3 nitrogen and oxygen atoms in total. The first-order valence-electron chi connectivity index (χ1n) is 4.19. The van der Waals surface area contributed by atoms with Crippen LogP contribution in [0.15, 0.2) is 29.4 Å². The number of amides is 1. The summed E-state index contributed by atoms with van der Waals surface area (Å²) in [5.74, 6) is 0.913. The Bertz CT molecular complexity index is 269. The van der Waals surface area contributed by atoms with E-state index in [1.54, 1.807) is 39.7 Å². The second kappa shape index (κ2) is 6.73. The van der Waals surface area contributed by atoms with E-state index in [4.69, 9.17) is 0 Å². The van der Waals surface area contributed by atoms with Gasteiger partial charge in [0.1, 0.15) is 5.03 Å². The quantitative estimate of drug-likeness (QED) is 0.423. The molecule has 0 aliphatic carbocycles. The molecule has 76 valence electrons. The first-order chi connectivity index (χ1) is 6.83. The van der Waals surface area contributed by atoms with Gasteiger partial charge in [0.05, 0.1) is 0 Å². The van der Waals surface area contributed by atoms with Gasteiger partial charge in [0.25, 0.3) is 0 Å². The molecular formula is C9H12N2OS2. The van der Waals surface area contributed by atoms with E-state index < -0.39 is 0 Å². The third kappa shape index (κ3) is 4.53. The third-order valence-corrected chi connectivity index (χ3v) is 3.73. The zero-order valence-corrected chi connectivity index (χ0v) is 9.55. The Morgan fingerprint density at radius 2 is 2.43 bits per heavy atom. The summed E-state index contributed by atoms with van der Waals surface area (Å²) in [6.45, 7) is 0.772. The minimum Gasteiger partial charge on any atom is -0.347 e. The molecule has 0 fully saturated rings. The Labute approximate surface area is 91.7 Å². The predicted octanol–water partition coefficient (Wildman–Crippen LogP) is 1.91. The Morgan fingerprint density at radius 1 is 1.57 bits per heavy atom. The number of hydrogen-bond donors (Lipinski definition) is 0. The van der Waals surface area contributed by atoms with Crippen LogP contribution in [0.3, 0.4) is 0 Å². The van der Waals surface area contributed by atoms with Gasteiger partial charge in [-0.1, -0.05) is 16.9 Å². The summed E-state index contributed by atoms with van der Waals surface area (Å²) in [6.07, 6.45) is 2.62. The van der Waals surface area contributed by atoms with Crippen molar-refractivity contribution in [3.63, 3.8) is 0 Å². The SMILES string of the molecule is CN(C=O)CCSSc1ccccn1. The monoisotopic (exact) mass is 228 g/mol. The molecule has 1 aromatic heterocycles. The first kappa shape index (κ1) is 11.4. The largest absolute Gasteiger partial charge is 0.347 e. The van der Waals surface area contributed by atoms with E-state index in [1.165, 1.54) is 0 Å². The molecular weight excluding hydrogens is 216 g/mol. The maximum Gasteiger partial charge on any atom is 0.209 e. The molecule has 0 unspecified atom stereocenters. The van der Waals surface area contributed by atoms with Gasteiger partial charge in [-0.05, 0) is 22.9 Å². The van der Waals surface area contributed by atoms with Crippen molar-refractivity contribution < 1.29 is 4.79 Å². The van der Waals surface area contributed by atoms with Gasteiger partial charge in [-0.3, -0.25) is 4.79 Å². The van der Waals surface area contributed by atoms with E-state index in [2.05, 4.69) is 4.98 Å². The molecule has 1 rings (SSSR count). The molecule has 1 aromatic rings. The van der Waals surface area contributed by atoms with Crippen molar-refractivity contribution in [2.75, 3.05) is 19.3 Å². The Kier molecular flexibility index (Phi) is 5.47. The van der Waals surface area contributed by atoms with Crippen molar-refractivity contribution in [2.24, 2.45) is 0 Å². The highest BCUT2D eigenvalue weighted by Gasteiger charge is 1.96. The van der Waals surface area contributed by atoms with Crippen LogP contribution < -0.4 is 0 Å². The number of carbonyl (C=O) groups excluding carboxylic acids is 1. The van der Waals surface area contributed by atoms with Crippen molar-refractivity contribution in [1.29, 1.82) is 0 Å². The van der Waals surface area contributed by atoms with Crippen LogP contribution in [-0.4, -0.2) is 35.6 Å². The van der Waals surface area contributed by atoms with Gasteiger partial charge in [-0.15, -0.1) is 0 Å². The lowest BCUT2D eigenvalue weighted by Crippen LogP contribution is -2.18. The van der Waals surface area contributed by atoms with Crippen molar-refractivity contribution >= 4 is 28.0 Å². The average molecular weight is 228 g/mol. The molecule has 14 heavy (non-hydrogen) atoms. The minimum absolute atomic E-state index is 0.772. The molecule has 5 heteroatoms. The Hall–Kier alpha value is -0.680. The average Bonchev–Trinajstić information content (AvgIpc) is 2.25. The number of nitrogens with zero attached hydrogens (tertiary/aromatic N) is 2. The molecule has 0 saturated carbocycles. The summed E-state index contributed by atoms with van der Waals surface area (Å²) in [5, 5.41) is 1.01. The van der Waals surface area contributed by atoms with Gasteiger partial charge in [-0.25, -0.2) is 4.98 Å². The smallest absolute Gasteiger partial charge is 0.209 e. The van der Waals surface area contributed by atoms with Crippen LogP contribution in [-0.2, 0) is 4.79 Å². The van der Waals surface area contributed by atoms with E-state index in [1.807, 2.05) is 18.2 Å². The summed E-state index contributed by atoms with van der Waals surface area (Å²) < 4.78 is 0. The zero-order chi connectivity index (χ0) is 10.2. The van der Waals surface area contributed by atoms with Gasteiger partial charge >= 0.3 is 0 Å². The van der Waals surface area contributed by atoms with E-state index in [9.17, 15) is 4.79 Å². The summed E-state index contributed by atoms with van der Waals surface area (Å²) >= 11 is 0. The second-order valence-corrected chi connectivity index (χ2v) is 5.10. The molecule has 1 amide bonds. The second-order valence-electron chi connectivity index (χ2n) is 2.66. The summed E-state index contributed by atoms with van der Waals surface area (Å²) in [6, 6.07) is 5.84. The highest BCUT2D eigenvalue weighted by Crippen LogP contribution is 2.28. The van der Waals surface area contributed by atoms with Gasteiger partial charge in [0, 0.05) is 25.5 Å². The fourth-order valence-corrected chi connectivity index (χ4v) is 2.67. The number of hydrogen-bond acceptors (Lipinski definition) is 4. The van der Waals surface area contributed by atoms with E-state index in [0.29, 0.717) is 0 Å². The van der Waals surface area contributed by atoms with Gasteiger partial charge in [0.2, 0.25) is 6.41 Å². The lowest BCUT2D eigenvalue weighted by atomic mass is 10.5. The number of pyridine rings is 1. The lowest BCUT2D eigenvalue weighted by Gasteiger charge is -2.08. The van der Waals surface area contributed by atoms with Crippen LogP contribution in [0.5, 0.6) is 0 Å². The van der Waals surface area contributed by atoms with Crippen molar-refractivity contribution in [3.05, 3.63) is 24.4 Å². The van der Waals surface area contributed by atoms with Crippen LogP contribution in [0.4, 0.5) is 0 Å². The maximum absolute atomic E-state index is 10.3. The molecule has 0 bridgehead atoms. The molecule has 0 aromatic carbocycles. The summed E-state index contributed by atoms with van der Waals surface area (Å²) in [4.78, 5) is 16.1. The number of carbonyl (C=O) groups is 1. The Balaban J connectivity index is 2.13.